The van der Waals surface area contributed by atoms with Gasteiger partial charge in [0, 0.05) is 25.6 Å². The van der Waals surface area contributed by atoms with Crippen molar-refractivity contribution in [2.45, 2.75) is 18.9 Å². The Balaban J connectivity index is 2.03. The standard InChI is InChI=1S/C11H15NO2/c13-11(9-1-5-12-6-2-9)10-3-7-14-8-4-10/h1-2,5-6,10-11,13H,3-4,7-8H2/t11-/m1/s1. The summed E-state index contributed by atoms with van der Waals surface area (Å²) in [4.78, 5) is 3.94. The van der Waals surface area contributed by atoms with Gasteiger partial charge in [-0.2, -0.15) is 0 Å². The highest BCUT2D eigenvalue weighted by Gasteiger charge is 2.22. The minimum atomic E-state index is -0.359. The Labute approximate surface area is 83.7 Å². The Morgan fingerprint density at radius 1 is 1.29 bits per heavy atom. The first-order valence-corrected chi connectivity index (χ1v) is 5.03. The van der Waals surface area contributed by atoms with Gasteiger partial charge >= 0.3 is 0 Å². The second-order valence-electron chi connectivity index (χ2n) is 3.68. The van der Waals surface area contributed by atoms with E-state index < -0.39 is 0 Å². The molecule has 0 saturated carbocycles. The van der Waals surface area contributed by atoms with Gasteiger partial charge < -0.3 is 9.84 Å². The molecule has 1 aromatic rings. The monoisotopic (exact) mass is 193 g/mol. The van der Waals surface area contributed by atoms with Crippen LogP contribution in [-0.2, 0) is 4.74 Å². The molecule has 0 bridgehead atoms. The van der Waals surface area contributed by atoms with Crippen molar-refractivity contribution in [3.05, 3.63) is 30.1 Å². The summed E-state index contributed by atoms with van der Waals surface area (Å²) in [5.41, 5.74) is 0.965. The smallest absolute Gasteiger partial charge is 0.0820 e. The number of aliphatic hydroxyl groups excluding tert-OH is 1. The lowest BCUT2D eigenvalue weighted by atomic mass is 9.90. The van der Waals surface area contributed by atoms with Crippen LogP contribution in [0.25, 0.3) is 0 Å². The van der Waals surface area contributed by atoms with E-state index in [9.17, 15) is 5.11 Å². The van der Waals surface area contributed by atoms with Crippen molar-refractivity contribution >= 4 is 0 Å². The van der Waals surface area contributed by atoms with Gasteiger partial charge in [0.05, 0.1) is 6.10 Å². The van der Waals surface area contributed by atoms with E-state index in [1.165, 1.54) is 0 Å². The predicted octanol–water partition coefficient (Wildman–Crippen LogP) is 1.54. The lowest BCUT2D eigenvalue weighted by Gasteiger charge is -2.26. The number of nitrogens with zero attached hydrogens (tertiary/aromatic N) is 1. The van der Waals surface area contributed by atoms with Gasteiger partial charge in [0.15, 0.2) is 0 Å². The van der Waals surface area contributed by atoms with E-state index in [1.807, 2.05) is 12.1 Å². The topological polar surface area (TPSA) is 42.4 Å². The quantitative estimate of drug-likeness (QED) is 0.774. The third kappa shape index (κ3) is 2.11. The molecular formula is C11H15NO2. The molecule has 2 heterocycles. The fourth-order valence-electron chi connectivity index (χ4n) is 1.86. The summed E-state index contributed by atoms with van der Waals surface area (Å²) in [7, 11) is 0. The summed E-state index contributed by atoms with van der Waals surface area (Å²) in [6.07, 6.45) is 4.98. The van der Waals surface area contributed by atoms with Crippen molar-refractivity contribution in [3.8, 4) is 0 Å². The van der Waals surface area contributed by atoms with Gasteiger partial charge in [0.2, 0.25) is 0 Å². The lowest BCUT2D eigenvalue weighted by molar-refractivity contribution is 0.00716. The van der Waals surface area contributed by atoms with Gasteiger partial charge in [-0.05, 0) is 36.5 Å². The molecule has 1 atom stereocenters. The van der Waals surface area contributed by atoms with Crippen LogP contribution in [0.2, 0.25) is 0 Å². The minimum Gasteiger partial charge on any atom is -0.388 e. The molecule has 3 nitrogen and oxygen atoms in total. The van der Waals surface area contributed by atoms with E-state index in [-0.39, 0.29) is 6.10 Å². The van der Waals surface area contributed by atoms with Crippen molar-refractivity contribution in [2.24, 2.45) is 5.92 Å². The maximum absolute atomic E-state index is 10.1. The predicted molar refractivity (Wildman–Crippen MR) is 52.7 cm³/mol. The molecule has 0 amide bonds. The molecule has 1 saturated heterocycles. The van der Waals surface area contributed by atoms with Crippen LogP contribution in [0.4, 0.5) is 0 Å². The van der Waals surface area contributed by atoms with Gasteiger partial charge in [-0.1, -0.05) is 0 Å². The van der Waals surface area contributed by atoms with Crippen LogP contribution in [-0.4, -0.2) is 23.3 Å². The third-order valence-corrected chi connectivity index (χ3v) is 2.76. The zero-order valence-corrected chi connectivity index (χ0v) is 8.10. The van der Waals surface area contributed by atoms with E-state index in [0.29, 0.717) is 5.92 Å². The third-order valence-electron chi connectivity index (χ3n) is 2.76. The van der Waals surface area contributed by atoms with Crippen LogP contribution in [0.3, 0.4) is 0 Å². The highest BCUT2D eigenvalue weighted by atomic mass is 16.5. The Hall–Kier alpha value is -0.930. The molecule has 3 heteroatoms. The minimum absolute atomic E-state index is 0.339. The molecule has 2 rings (SSSR count). The first kappa shape index (κ1) is 9.62. The highest BCUT2D eigenvalue weighted by molar-refractivity contribution is 5.13. The molecule has 76 valence electrons. The molecule has 0 unspecified atom stereocenters. The molecular weight excluding hydrogens is 178 g/mol. The fraction of sp³-hybridized carbons (Fsp3) is 0.545. The van der Waals surface area contributed by atoms with Gasteiger partial charge in [0.25, 0.3) is 0 Å². The maximum Gasteiger partial charge on any atom is 0.0820 e. The molecule has 0 radical (unpaired) electrons. The summed E-state index contributed by atoms with van der Waals surface area (Å²) in [6.45, 7) is 1.54. The largest absolute Gasteiger partial charge is 0.388 e. The normalized spacial score (nSPS) is 20.6. The molecule has 0 aliphatic carbocycles. The molecule has 1 fully saturated rings. The second kappa shape index (κ2) is 4.53. The van der Waals surface area contributed by atoms with Crippen LogP contribution in [0.5, 0.6) is 0 Å². The van der Waals surface area contributed by atoms with Gasteiger partial charge in [-0.25, -0.2) is 0 Å². The van der Waals surface area contributed by atoms with E-state index >= 15 is 0 Å². The molecule has 1 aliphatic rings. The number of aliphatic hydroxyl groups is 1. The Bertz CT molecular complexity index is 270. The number of pyridine rings is 1. The van der Waals surface area contributed by atoms with Crippen molar-refractivity contribution in [3.63, 3.8) is 0 Å². The van der Waals surface area contributed by atoms with Crippen LogP contribution in [0.1, 0.15) is 24.5 Å². The summed E-state index contributed by atoms with van der Waals surface area (Å²) in [5.74, 6) is 0.339. The van der Waals surface area contributed by atoms with Crippen molar-refractivity contribution < 1.29 is 9.84 Å². The Morgan fingerprint density at radius 3 is 2.57 bits per heavy atom. The van der Waals surface area contributed by atoms with Crippen molar-refractivity contribution in [1.82, 2.24) is 4.98 Å². The summed E-state index contributed by atoms with van der Waals surface area (Å²) < 4.78 is 5.26. The van der Waals surface area contributed by atoms with E-state index in [0.717, 1.165) is 31.6 Å². The van der Waals surface area contributed by atoms with Crippen LogP contribution < -0.4 is 0 Å². The van der Waals surface area contributed by atoms with Crippen molar-refractivity contribution in [2.75, 3.05) is 13.2 Å². The van der Waals surface area contributed by atoms with Crippen LogP contribution in [0.15, 0.2) is 24.5 Å². The number of ether oxygens (including phenoxy) is 1. The molecule has 1 aliphatic heterocycles. The second-order valence-corrected chi connectivity index (χ2v) is 3.68. The molecule has 1 aromatic heterocycles. The molecule has 0 spiro atoms. The summed E-state index contributed by atoms with van der Waals surface area (Å²) in [6, 6.07) is 3.75. The molecule has 14 heavy (non-hydrogen) atoms. The maximum atomic E-state index is 10.1. The van der Waals surface area contributed by atoms with Crippen LogP contribution in [0, 0.1) is 5.92 Å². The SMILES string of the molecule is O[C@H](c1ccncc1)C1CCOCC1. The van der Waals surface area contributed by atoms with E-state index in [1.54, 1.807) is 12.4 Å². The summed E-state index contributed by atoms with van der Waals surface area (Å²) >= 11 is 0. The van der Waals surface area contributed by atoms with Gasteiger partial charge in [-0.3, -0.25) is 4.98 Å². The number of rotatable bonds is 2. The first-order chi connectivity index (χ1) is 6.88. The first-order valence-electron chi connectivity index (χ1n) is 5.03. The highest BCUT2D eigenvalue weighted by Crippen LogP contribution is 2.29. The number of aromatic nitrogens is 1. The molecule has 1 N–H and O–H groups in total. The Morgan fingerprint density at radius 2 is 1.93 bits per heavy atom. The van der Waals surface area contributed by atoms with E-state index in [2.05, 4.69) is 4.98 Å². The van der Waals surface area contributed by atoms with Gasteiger partial charge in [-0.15, -0.1) is 0 Å². The van der Waals surface area contributed by atoms with E-state index in [4.69, 9.17) is 4.74 Å². The zero-order chi connectivity index (χ0) is 9.80. The molecule has 0 aromatic carbocycles. The average molecular weight is 193 g/mol. The fourth-order valence-corrected chi connectivity index (χ4v) is 1.86. The Kier molecular flexibility index (Phi) is 3.11. The summed E-state index contributed by atoms with van der Waals surface area (Å²) in [5, 5.41) is 10.1. The lowest BCUT2D eigenvalue weighted by Crippen LogP contribution is -2.21. The van der Waals surface area contributed by atoms with Gasteiger partial charge in [0.1, 0.15) is 0 Å². The number of hydrogen-bond acceptors (Lipinski definition) is 3. The number of hydrogen-bond donors (Lipinski definition) is 1. The van der Waals surface area contributed by atoms with Crippen LogP contribution >= 0.6 is 0 Å². The average Bonchev–Trinajstić information content (AvgIpc) is 2.30. The zero-order valence-electron chi connectivity index (χ0n) is 8.10. The van der Waals surface area contributed by atoms with Crippen molar-refractivity contribution in [1.29, 1.82) is 0 Å².